The SMILES string of the molecule is Cc1ccc(C(=O)N2CCC3(CC2)CC(N2CCNCC2)CO3)cc1N1CCC(=O)NC1=O.Cl. The normalized spacial score (nSPS) is 25.3. The number of nitrogens with one attached hydrogen (secondary N) is 2. The van der Waals surface area contributed by atoms with Crippen LogP contribution in [0.5, 0.6) is 0 Å². The molecule has 0 saturated carbocycles. The predicted molar refractivity (Wildman–Crippen MR) is 131 cm³/mol. The lowest BCUT2D eigenvalue weighted by Crippen LogP contribution is -2.50. The first kappa shape index (κ1) is 24.9. The third-order valence-electron chi connectivity index (χ3n) is 7.62. The number of urea groups is 1. The molecule has 4 saturated heterocycles. The maximum atomic E-state index is 13.3. The molecule has 2 N–H and O–H groups in total. The highest BCUT2D eigenvalue weighted by Gasteiger charge is 2.45. The summed E-state index contributed by atoms with van der Waals surface area (Å²) >= 11 is 0. The number of piperazine rings is 1. The molecule has 186 valence electrons. The fraction of sp³-hybridized carbons (Fsp3) is 0.625. The van der Waals surface area contributed by atoms with Crippen molar-refractivity contribution in [3.63, 3.8) is 0 Å². The molecule has 4 aliphatic heterocycles. The van der Waals surface area contributed by atoms with Crippen LogP contribution in [0.2, 0.25) is 0 Å². The number of hydrogen-bond acceptors (Lipinski definition) is 6. The second-order valence-corrected chi connectivity index (χ2v) is 9.69. The number of benzene rings is 1. The van der Waals surface area contributed by atoms with Gasteiger partial charge in [0.25, 0.3) is 5.91 Å². The molecule has 0 bridgehead atoms. The van der Waals surface area contributed by atoms with E-state index < -0.39 is 6.03 Å². The minimum atomic E-state index is -0.434. The molecule has 1 unspecified atom stereocenters. The van der Waals surface area contributed by atoms with Crippen molar-refractivity contribution in [3.05, 3.63) is 29.3 Å². The number of ether oxygens (including phenoxy) is 1. The van der Waals surface area contributed by atoms with E-state index in [-0.39, 0.29) is 36.2 Å². The number of piperidine rings is 1. The van der Waals surface area contributed by atoms with Crippen molar-refractivity contribution in [2.24, 2.45) is 0 Å². The minimum Gasteiger partial charge on any atom is -0.373 e. The summed E-state index contributed by atoms with van der Waals surface area (Å²) < 4.78 is 6.34. The number of likely N-dealkylation sites (tertiary alicyclic amines) is 1. The number of carbonyl (C=O) groups is 3. The summed E-state index contributed by atoms with van der Waals surface area (Å²) in [5.74, 6) is -0.284. The van der Waals surface area contributed by atoms with Crippen LogP contribution in [0.4, 0.5) is 10.5 Å². The standard InChI is InChI=1S/C24H33N5O4.ClH/c1-17-2-3-18(14-20(17)29-9-4-21(30)26-23(29)32)22(31)28-10-5-24(6-11-28)15-19(16-33-24)27-12-7-25-8-13-27;/h2-3,14,19,25H,4-13,15-16H2,1H3,(H,26,30,32);1H. The number of carbonyl (C=O) groups excluding carboxylic acids is 3. The van der Waals surface area contributed by atoms with Crippen molar-refractivity contribution in [1.29, 1.82) is 0 Å². The number of nitrogens with zero attached hydrogens (tertiary/aromatic N) is 3. The molecular formula is C24H34ClN5O4. The van der Waals surface area contributed by atoms with Crippen molar-refractivity contribution in [1.82, 2.24) is 20.4 Å². The molecule has 1 aromatic rings. The summed E-state index contributed by atoms with van der Waals surface area (Å²) in [5, 5.41) is 5.76. The second kappa shape index (κ2) is 10.2. The molecule has 0 aromatic heterocycles. The molecule has 10 heteroatoms. The molecule has 1 aromatic carbocycles. The van der Waals surface area contributed by atoms with Crippen LogP contribution in [0.25, 0.3) is 0 Å². The predicted octanol–water partition coefficient (Wildman–Crippen LogP) is 1.53. The zero-order valence-corrected chi connectivity index (χ0v) is 20.5. The third kappa shape index (κ3) is 4.93. The molecule has 4 fully saturated rings. The Morgan fingerprint density at radius 2 is 1.82 bits per heavy atom. The third-order valence-corrected chi connectivity index (χ3v) is 7.62. The van der Waals surface area contributed by atoms with Gasteiger partial charge in [-0.15, -0.1) is 12.4 Å². The van der Waals surface area contributed by atoms with Crippen LogP contribution in [0.1, 0.15) is 41.6 Å². The highest BCUT2D eigenvalue weighted by atomic mass is 35.5. The summed E-state index contributed by atoms with van der Waals surface area (Å²) in [6.45, 7) is 8.60. The zero-order chi connectivity index (χ0) is 23.0. The van der Waals surface area contributed by atoms with Gasteiger partial charge in [-0.3, -0.25) is 24.7 Å². The van der Waals surface area contributed by atoms with Gasteiger partial charge in [0, 0.05) is 69.5 Å². The molecule has 34 heavy (non-hydrogen) atoms. The number of hydrogen-bond donors (Lipinski definition) is 2. The van der Waals surface area contributed by atoms with E-state index >= 15 is 0 Å². The Morgan fingerprint density at radius 3 is 2.53 bits per heavy atom. The molecule has 0 radical (unpaired) electrons. The molecule has 9 nitrogen and oxygen atoms in total. The average molecular weight is 492 g/mol. The molecule has 1 atom stereocenters. The minimum absolute atomic E-state index is 0. The summed E-state index contributed by atoms with van der Waals surface area (Å²) in [4.78, 5) is 43.1. The molecular weight excluding hydrogens is 458 g/mol. The molecule has 0 aliphatic carbocycles. The topological polar surface area (TPSA) is 94.2 Å². The van der Waals surface area contributed by atoms with E-state index in [4.69, 9.17) is 4.74 Å². The van der Waals surface area contributed by atoms with E-state index in [1.54, 1.807) is 11.0 Å². The van der Waals surface area contributed by atoms with Crippen molar-refractivity contribution in [3.8, 4) is 0 Å². The van der Waals surface area contributed by atoms with Crippen LogP contribution in [-0.4, -0.2) is 91.7 Å². The van der Waals surface area contributed by atoms with Gasteiger partial charge in [0.15, 0.2) is 0 Å². The van der Waals surface area contributed by atoms with Gasteiger partial charge in [0.2, 0.25) is 5.91 Å². The summed E-state index contributed by atoms with van der Waals surface area (Å²) in [6.07, 6.45) is 3.02. The van der Waals surface area contributed by atoms with Crippen LogP contribution in [-0.2, 0) is 9.53 Å². The smallest absolute Gasteiger partial charge is 0.328 e. The lowest BCUT2D eigenvalue weighted by atomic mass is 9.86. The Bertz CT molecular complexity index is 943. The lowest BCUT2D eigenvalue weighted by molar-refractivity contribution is -0.120. The first-order valence-corrected chi connectivity index (χ1v) is 12.0. The van der Waals surface area contributed by atoms with Gasteiger partial charge in [-0.25, -0.2) is 4.79 Å². The fourth-order valence-electron chi connectivity index (χ4n) is 5.58. The summed E-state index contributed by atoms with van der Waals surface area (Å²) in [5.41, 5.74) is 2.04. The largest absolute Gasteiger partial charge is 0.373 e. The number of rotatable bonds is 3. The highest BCUT2D eigenvalue weighted by Crippen LogP contribution is 2.38. The van der Waals surface area contributed by atoms with Gasteiger partial charge in [-0.1, -0.05) is 6.07 Å². The quantitative estimate of drug-likeness (QED) is 0.666. The Kier molecular flexibility index (Phi) is 7.47. The van der Waals surface area contributed by atoms with E-state index in [1.165, 1.54) is 0 Å². The van der Waals surface area contributed by atoms with Crippen molar-refractivity contribution in [2.75, 3.05) is 57.3 Å². The molecule has 4 amide bonds. The number of imide groups is 1. The van der Waals surface area contributed by atoms with Crippen LogP contribution < -0.4 is 15.5 Å². The zero-order valence-electron chi connectivity index (χ0n) is 19.7. The van der Waals surface area contributed by atoms with Crippen LogP contribution in [0.15, 0.2) is 18.2 Å². The van der Waals surface area contributed by atoms with Crippen molar-refractivity contribution < 1.29 is 19.1 Å². The Morgan fingerprint density at radius 1 is 1.09 bits per heavy atom. The van der Waals surface area contributed by atoms with Gasteiger partial charge < -0.3 is 15.0 Å². The monoisotopic (exact) mass is 491 g/mol. The molecule has 4 aliphatic rings. The maximum absolute atomic E-state index is 13.3. The number of anilines is 1. The fourth-order valence-corrected chi connectivity index (χ4v) is 5.58. The van der Waals surface area contributed by atoms with E-state index in [9.17, 15) is 14.4 Å². The van der Waals surface area contributed by atoms with Crippen molar-refractivity contribution >= 4 is 35.9 Å². The average Bonchev–Trinajstić information content (AvgIpc) is 3.24. The maximum Gasteiger partial charge on any atom is 0.328 e. The number of amides is 4. The van der Waals surface area contributed by atoms with E-state index in [0.717, 1.165) is 57.6 Å². The van der Waals surface area contributed by atoms with E-state index in [2.05, 4.69) is 15.5 Å². The lowest BCUT2D eigenvalue weighted by Gasteiger charge is -2.39. The number of halogens is 1. The van der Waals surface area contributed by atoms with E-state index in [0.29, 0.717) is 36.9 Å². The highest BCUT2D eigenvalue weighted by molar-refractivity contribution is 6.06. The van der Waals surface area contributed by atoms with Gasteiger partial charge in [-0.05, 0) is 43.9 Å². The molecule has 1 spiro atoms. The number of aryl methyl sites for hydroxylation is 1. The first-order chi connectivity index (χ1) is 15.9. The Labute approximate surface area is 206 Å². The second-order valence-electron chi connectivity index (χ2n) is 9.69. The van der Waals surface area contributed by atoms with Crippen LogP contribution >= 0.6 is 12.4 Å². The first-order valence-electron chi connectivity index (χ1n) is 12.0. The van der Waals surface area contributed by atoms with Crippen LogP contribution in [0, 0.1) is 6.92 Å². The summed E-state index contributed by atoms with van der Waals surface area (Å²) in [7, 11) is 0. The van der Waals surface area contributed by atoms with Gasteiger partial charge in [0.05, 0.1) is 12.2 Å². The van der Waals surface area contributed by atoms with Gasteiger partial charge in [0.1, 0.15) is 0 Å². The van der Waals surface area contributed by atoms with Crippen LogP contribution in [0.3, 0.4) is 0 Å². The van der Waals surface area contributed by atoms with Gasteiger partial charge >= 0.3 is 6.03 Å². The Balaban J connectivity index is 0.00000274. The summed E-state index contributed by atoms with van der Waals surface area (Å²) in [6, 6.07) is 5.53. The van der Waals surface area contributed by atoms with Gasteiger partial charge in [-0.2, -0.15) is 0 Å². The van der Waals surface area contributed by atoms with E-state index in [1.807, 2.05) is 24.0 Å². The molecule has 4 heterocycles. The Hall–Kier alpha value is -2.20. The van der Waals surface area contributed by atoms with Crippen molar-refractivity contribution in [2.45, 2.75) is 44.2 Å². The molecule has 5 rings (SSSR count).